The lowest BCUT2D eigenvalue weighted by molar-refractivity contribution is 0.472. The average molecular weight is 153 g/mol. The third kappa shape index (κ3) is 2.33. The largest absolute Gasteiger partial charge is 0.252 e. The van der Waals surface area contributed by atoms with Gasteiger partial charge in [0.15, 0.2) is 0 Å². The van der Waals surface area contributed by atoms with Gasteiger partial charge in [0.25, 0.3) is 0 Å². The molecule has 0 aliphatic carbocycles. The fourth-order valence-electron chi connectivity index (χ4n) is 0.964. The molecule has 3 nitrogen and oxygen atoms in total. The van der Waals surface area contributed by atoms with Crippen LogP contribution in [0.25, 0.3) is 0 Å². The maximum atomic E-state index is 4.00. The summed E-state index contributed by atoms with van der Waals surface area (Å²) in [5, 5.41) is 7.99. The number of aryl methyl sites for hydroxylation is 1. The summed E-state index contributed by atoms with van der Waals surface area (Å²) in [5.74, 6) is 0.640. The highest BCUT2D eigenvalue weighted by molar-refractivity contribution is 4.90. The molecule has 1 aromatic rings. The first-order chi connectivity index (χ1) is 5.22. The van der Waals surface area contributed by atoms with Crippen molar-refractivity contribution in [3.63, 3.8) is 0 Å². The number of hydrogen-bond donors (Lipinski definition) is 0. The fraction of sp³-hybridized carbons (Fsp3) is 0.750. The first kappa shape index (κ1) is 8.24. The third-order valence-corrected chi connectivity index (χ3v) is 1.50. The Morgan fingerprint density at radius 1 is 1.55 bits per heavy atom. The Morgan fingerprint density at radius 2 is 2.27 bits per heavy atom. The van der Waals surface area contributed by atoms with Crippen LogP contribution < -0.4 is 0 Å². The monoisotopic (exact) mass is 153 g/mol. The molecule has 0 aromatic carbocycles. The summed E-state index contributed by atoms with van der Waals surface area (Å²) in [6.07, 6.45) is 2.98. The number of aromatic nitrogens is 3. The van der Waals surface area contributed by atoms with Crippen molar-refractivity contribution in [3.8, 4) is 0 Å². The first-order valence-electron chi connectivity index (χ1n) is 4.11. The normalized spacial score (nSPS) is 10.9. The molecule has 0 amide bonds. The lowest BCUT2D eigenvalue weighted by Crippen LogP contribution is -2.04. The van der Waals surface area contributed by atoms with E-state index in [0.29, 0.717) is 5.92 Å². The van der Waals surface area contributed by atoms with Crippen molar-refractivity contribution in [1.82, 2.24) is 15.0 Å². The van der Waals surface area contributed by atoms with Crippen LogP contribution in [0.4, 0.5) is 0 Å². The van der Waals surface area contributed by atoms with Crippen LogP contribution in [0.3, 0.4) is 0 Å². The topological polar surface area (TPSA) is 30.7 Å². The zero-order valence-corrected chi connectivity index (χ0v) is 7.41. The summed E-state index contributed by atoms with van der Waals surface area (Å²) in [7, 11) is 0. The molecule has 0 bridgehead atoms. The van der Waals surface area contributed by atoms with Gasteiger partial charge in [0.2, 0.25) is 0 Å². The predicted octanol–water partition coefficient (Wildman–Crippen LogP) is 1.50. The van der Waals surface area contributed by atoms with Gasteiger partial charge in [-0.2, -0.15) is 0 Å². The second kappa shape index (κ2) is 3.51. The van der Waals surface area contributed by atoms with E-state index < -0.39 is 0 Å². The van der Waals surface area contributed by atoms with E-state index in [1.54, 1.807) is 0 Å². The fourth-order valence-corrected chi connectivity index (χ4v) is 0.964. The Kier molecular flexibility index (Phi) is 2.63. The quantitative estimate of drug-likeness (QED) is 0.658. The van der Waals surface area contributed by atoms with Gasteiger partial charge in [-0.25, -0.2) is 0 Å². The molecule has 62 valence electrons. The second-order valence-corrected chi connectivity index (χ2v) is 3.18. The number of rotatable bonds is 3. The summed E-state index contributed by atoms with van der Waals surface area (Å²) in [4.78, 5) is 0. The Labute approximate surface area is 67.4 Å². The van der Waals surface area contributed by atoms with Gasteiger partial charge in [-0.15, -0.1) is 5.10 Å². The van der Waals surface area contributed by atoms with E-state index in [2.05, 4.69) is 31.1 Å². The molecular formula is C8H15N3. The summed E-state index contributed by atoms with van der Waals surface area (Å²) in [6.45, 7) is 7.40. The van der Waals surface area contributed by atoms with Crippen LogP contribution in [-0.4, -0.2) is 15.0 Å². The molecule has 0 unspecified atom stereocenters. The Bertz CT molecular complexity index is 215. The van der Waals surface area contributed by atoms with Crippen LogP contribution in [0.5, 0.6) is 0 Å². The summed E-state index contributed by atoms with van der Waals surface area (Å²) >= 11 is 0. The zero-order chi connectivity index (χ0) is 8.27. The van der Waals surface area contributed by atoms with Gasteiger partial charge in [-0.1, -0.05) is 26.0 Å². The third-order valence-electron chi connectivity index (χ3n) is 1.50. The van der Waals surface area contributed by atoms with E-state index in [4.69, 9.17) is 0 Å². The van der Waals surface area contributed by atoms with Gasteiger partial charge < -0.3 is 0 Å². The van der Waals surface area contributed by atoms with E-state index in [-0.39, 0.29) is 0 Å². The van der Waals surface area contributed by atoms with Gasteiger partial charge in [0.1, 0.15) is 0 Å². The van der Waals surface area contributed by atoms with Gasteiger partial charge in [0.05, 0.1) is 5.69 Å². The standard InChI is InChI=1S/C8H15N3/c1-4-8-6-11(10-9-8)5-7(2)3/h6-7H,4-5H2,1-3H3. The maximum absolute atomic E-state index is 4.00. The molecule has 0 saturated carbocycles. The maximum Gasteiger partial charge on any atom is 0.0824 e. The molecule has 0 spiro atoms. The van der Waals surface area contributed by atoms with Gasteiger partial charge in [-0.3, -0.25) is 4.68 Å². The van der Waals surface area contributed by atoms with Crippen LogP contribution in [-0.2, 0) is 13.0 Å². The highest BCUT2D eigenvalue weighted by atomic mass is 15.4. The van der Waals surface area contributed by atoms with E-state index in [1.807, 2.05) is 10.9 Å². The molecule has 11 heavy (non-hydrogen) atoms. The van der Waals surface area contributed by atoms with Crippen molar-refractivity contribution < 1.29 is 0 Å². The molecule has 0 radical (unpaired) electrons. The van der Waals surface area contributed by atoms with Crippen molar-refractivity contribution in [3.05, 3.63) is 11.9 Å². The van der Waals surface area contributed by atoms with Crippen molar-refractivity contribution in [2.24, 2.45) is 5.92 Å². The smallest absolute Gasteiger partial charge is 0.0824 e. The molecule has 0 aliphatic heterocycles. The summed E-state index contributed by atoms with van der Waals surface area (Å²) < 4.78 is 1.91. The molecule has 0 atom stereocenters. The lowest BCUT2D eigenvalue weighted by atomic mass is 10.2. The van der Waals surface area contributed by atoms with E-state index in [0.717, 1.165) is 18.7 Å². The molecule has 1 heterocycles. The van der Waals surface area contributed by atoms with Crippen molar-refractivity contribution >= 4 is 0 Å². The summed E-state index contributed by atoms with van der Waals surface area (Å²) in [5.41, 5.74) is 1.07. The Morgan fingerprint density at radius 3 is 2.73 bits per heavy atom. The van der Waals surface area contributed by atoms with Crippen molar-refractivity contribution in [2.45, 2.75) is 33.7 Å². The van der Waals surface area contributed by atoms with Crippen molar-refractivity contribution in [1.29, 1.82) is 0 Å². The minimum atomic E-state index is 0.640. The SMILES string of the molecule is CCc1cn(CC(C)C)nn1. The molecule has 0 saturated heterocycles. The van der Waals surface area contributed by atoms with Gasteiger partial charge >= 0.3 is 0 Å². The van der Waals surface area contributed by atoms with E-state index >= 15 is 0 Å². The first-order valence-corrected chi connectivity index (χ1v) is 4.11. The molecule has 0 aliphatic rings. The second-order valence-electron chi connectivity index (χ2n) is 3.18. The minimum absolute atomic E-state index is 0.640. The molecule has 0 N–H and O–H groups in total. The molecule has 1 rings (SSSR count). The lowest BCUT2D eigenvalue weighted by Gasteiger charge is -2.01. The van der Waals surface area contributed by atoms with Crippen molar-refractivity contribution in [2.75, 3.05) is 0 Å². The Hall–Kier alpha value is -0.860. The average Bonchev–Trinajstić information content (AvgIpc) is 2.34. The number of hydrogen-bond acceptors (Lipinski definition) is 2. The predicted molar refractivity (Wildman–Crippen MR) is 44.2 cm³/mol. The van der Waals surface area contributed by atoms with Gasteiger partial charge in [0, 0.05) is 12.7 Å². The minimum Gasteiger partial charge on any atom is -0.252 e. The highest BCUT2D eigenvalue weighted by Gasteiger charge is 1.99. The van der Waals surface area contributed by atoms with Crippen LogP contribution in [0.1, 0.15) is 26.5 Å². The molecular weight excluding hydrogens is 138 g/mol. The van der Waals surface area contributed by atoms with Crippen LogP contribution >= 0.6 is 0 Å². The summed E-state index contributed by atoms with van der Waals surface area (Å²) in [6, 6.07) is 0. The molecule has 0 fully saturated rings. The van der Waals surface area contributed by atoms with Crippen LogP contribution in [0, 0.1) is 5.92 Å². The number of nitrogens with zero attached hydrogens (tertiary/aromatic N) is 3. The highest BCUT2D eigenvalue weighted by Crippen LogP contribution is 1.98. The Balaban J connectivity index is 2.58. The van der Waals surface area contributed by atoms with Crippen LogP contribution in [0.2, 0.25) is 0 Å². The van der Waals surface area contributed by atoms with E-state index in [9.17, 15) is 0 Å². The molecule has 1 aromatic heterocycles. The molecule has 3 heteroatoms. The van der Waals surface area contributed by atoms with E-state index in [1.165, 1.54) is 0 Å². The van der Waals surface area contributed by atoms with Crippen LogP contribution in [0.15, 0.2) is 6.20 Å². The zero-order valence-electron chi connectivity index (χ0n) is 7.41. The van der Waals surface area contributed by atoms with Gasteiger partial charge in [-0.05, 0) is 12.3 Å².